The molecule has 23 heavy (non-hydrogen) atoms. The summed E-state index contributed by atoms with van der Waals surface area (Å²) in [7, 11) is 1.57. The van der Waals surface area contributed by atoms with Crippen molar-refractivity contribution in [1.29, 1.82) is 0 Å². The number of hydrogen-bond acceptors (Lipinski definition) is 5. The van der Waals surface area contributed by atoms with Gasteiger partial charge in [-0.1, -0.05) is 24.3 Å². The summed E-state index contributed by atoms with van der Waals surface area (Å²) < 4.78 is 10.1. The molecule has 0 bridgehead atoms. The van der Waals surface area contributed by atoms with Gasteiger partial charge in [0.25, 0.3) is 5.69 Å². The minimum absolute atomic E-state index is 0.0632. The van der Waals surface area contributed by atoms with Crippen molar-refractivity contribution >= 4 is 17.7 Å². The van der Waals surface area contributed by atoms with Crippen LogP contribution in [0.15, 0.2) is 54.6 Å². The molecule has 0 aliphatic heterocycles. The normalized spacial score (nSPS) is 10.5. The topological polar surface area (TPSA) is 78.7 Å². The van der Waals surface area contributed by atoms with E-state index in [2.05, 4.69) is 0 Å². The number of para-hydroxylation sites is 1. The van der Waals surface area contributed by atoms with E-state index < -0.39 is 10.9 Å². The molecule has 0 spiro atoms. The average Bonchev–Trinajstić information content (AvgIpc) is 2.58. The molecule has 0 aromatic heterocycles. The molecular formula is C17H15NO5. The van der Waals surface area contributed by atoms with Crippen LogP contribution in [0.2, 0.25) is 0 Å². The number of nitro benzene ring substituents is 1. The van der Waals surface area contributed by atoms with E-state index in [0.29, 0.717) is 5.56 Å². The fourth-order valence-corrected chi connectivity index (χ4v) is 1.88. The van der Waals surface area contributed by atoms with Crippen molar-refractivity contribution in [1.82, 2.24) is 0 Å². The zero-order valence-electron chi connectivity index (χ0n) is 12.5. The molecule has 118 valence electrons. The Morgan fingerprint density at radius 3 is 2.52 bits per heavy atom. The van der Waals surface area contributed by atoms with Crippen molar-refractivity contribution in [2.75, 3.05) is 7.11 Å². The predicted octanol–water partition coefficient (Wildman–Crippen LogP) is 3.36. The molecular weight excluding hydrogens is 298 g/mol. The van der Waals surface area contributed by atoms with Crippen LogP contribution >= 0.6 is 0 Å². The van der Waals surface area contributed by atoms with E-state index in [4.69, 9.17) is 9.47 Å². The van der Waals surface area contributed by atoms with Crippen molar-refractivity contribution in [3.05, 3.63) is 75.8 Å². The fraction of sp³-hybridized carbons (Fsp3) is 0.118. The van der Waals surface area contributed by atoms with Crippen molar-refractivity contribution in [3.63, 3.8) is 0 Å². The average molecular weight is 313 g/mol. The Balaban J connectivity index is 1.95. The highest BCUT2D eigenvalue weighted by atomic mass is 16.6. The van der Waals surface area contributed by atoms with Gasteiger partial charge in [-0.3, -0.25) is 10.1 Å². The molecule has 0 N–H and O–H groups in total. The molecule has 6 heteroatoms. The highest BCUT2D eigenvalue weighted by Crippen LogP contribution is 2.19. The third kappa shape index (κ3) is 4.67. The van der Waals surface area contributed by atoms with Gasteiger partial charge >= 0.3 is 5.97 Å². The number of esters is 1. The van der Waals surface area contributed by atoms with Crippen LogP contribution in [0.1, 0.15) is 11.1 Å². The Kier molecular flexibility index (Phi) is 5.46. The number of hydrogen-bond donors (Lipinski definition) is 0. The van der Waals surface area contributed by atoms with E-state index in [0.717, 1.165) is 11.3 Å². The standard InChI is InChI=1S/C17H15NO5/c1-22-15-9-6-13(7-10-15)12-23-17(19)11-8-14-4-2-3-5-16(14)18(20)21/h2-11H,12H2,1H3/b11-8+. The van der Waals surface area contributed by atoms with Crippen LogP contribution in [-0.2, 0) is 16.1 Å². The maximum absolute atomic E-state index is 11.7. The zero-order valence-corrected chi connectivity index (χ0v) is 12.5. The van der Waals surface area contributed by atoms with Gasteiger partial charge in [0.05, 0.1) is 17.6 Å². The van der Waals surface area contributed by atoms with Gasteiger partial charge in [0, 0.05) is 12.1 Å². The summed E-state index contributed by atoms with van der Waals surface area (Å²) in [6.45, 7) is 0.115. The Morgan fingerprint density at radius 2 is 1.87 bits per heavy atom. The first-order chi connectivity index (χ1) is 11.1. The first-order valence-electron chi connectivity index (χ1n) is 6.81. The van der Waals surface area contributed by atoms with E-state index in [-0.39, 0.29) is 12.3 Å². The lowest BCUT2D eigenvalue weighted by Crippen LogP contribution is -2.01. The summed E-state index contributed by atoms with van der Waals surface area (Å²) in [5, 5.41) is 10.9. The second-order valence-corrected chi connectivity index (χ2v) is 4.61. The van der Waals surface area contributed by atoms with Crippen LogP contribution in [0.3, 0.4) is 0 Å². The number of nitrogens with zero attached hydrogens (tertiary/aromatic N) is 1. The number of ether oxygens (including phenoxy) is 2. The van der Waals surface area contributed by atoms with Crippen molar-refractivity contribution in [2.24, 2.45) is 0 Å². The zero-order chi connectivity index (χ0) is 16.7. The molecule has 0 fully saturated rings. The van der Waals surface area contributed by atoms with Crippen LogP contribution in [-0.4, -0.2) is 18.0 Å². The number of carbonyl (C=O) groups excluding carboxylic acids is 1. The van der Waals surface area contributed by atoms with Crippen molar-refractivity contribution in [3.8, 4) is 5.75 Å². The molecule has 0 unspecified atom stereocenters. The fourth-order valence-electron chi connectivity index (χ4n) is 1.88. The number of carbonyl (C=O) groups is 1. The van der Waals surface area contributed by atoms with E-state index in [1.54, 1.807) is 49.6 Å². The minimum Gasteiger partial charge on any atom is -0.497 e. The van der Waals surface area contributed by atoms with E-state index >= 15 is 0 Å². The quantitative estimate of drug-likeness (QED) is 0.353. The predicted molar refractivity (Wildman–Crippen MR) is 84.9 cm³/mol. The van der Waals surface area contributed by atoms with Gasteiger partial charge < -0.3 is 9.47 Å². The van der Waals surface area contributed by atoms with E-state index in [1.165, 1.54) is 18.2 Å². The highest BCUT2D eigenvalue weighted by molar-refractivity contribution is 5.87. The van der Waals surface area contributed by atoms with E-state index in [9.17, 15) is 14.9 Å². The van der Waals surface area contributed by atoms with E-state index in [1.807, 2.05) is 0 Å². The summed E-state index contributed by atoms with van der Waals surface area (Å²) in [6, 6.07) is 13.3. The second-order valence-electron chi connectivity index (χ2n) is 4.61. The Hall–Kier alpha value is -3.15. The second kappa shape index (κ2) is 7.74. The molecule has 0 heterocycles. The highest BCUT2D eigenvalue weighted by Gasteiger charge is 2.10. The SMILES string of the molecule is COc1ccc(COC(=O)/C=C/c2ccccc2[N+](=O)[O-])cc1. The summed E-state index contributed by atoms with van der Waals surface area (Å²) >= 11 is 0. The number of methoxy groups -OCH3 is 1. The third-order valence-corrected chi connectivity index (χ3v) is 3.07. The van der Waals surface area contributed by atoms with Crippen LogP contribution in [0, 0.1) is 10.1 Å². The Morgan fingerprint density at radius 1 is 1.17 bits per heavy atom. The number of nitro groups is 1. The molecule has 0 radical (unpaired) electrons. The first-order valence-corrected chi connectivity index (χ1v) is 6.81. The van der Waals surface area contributed by atoms with Gasteiger partial charge in [-0.05, 0) is 29.8 Å². The molecule has 2 aromatic rings. The van der Waals surface area contributed by atoms with Gasteiger partial charge in [0.2, 0.25) is 0 Å². The minimum atomic E-state index is -0.570. The van der Waals surface area contributed by atoms with Gasteiger partial charge in [-0.15, -0.1) is 0 Å². The summed E-state index contributed by atoms with van der Waals surface area (Å²) in [4.78, 5) is 22.1. The van der Waals surface area contributed by atoms with Gasteiger partial charge in [0.1, 0.15) is 12.4 Å². The lowest BCUT2D eigenvalue weighted by atomic mass is 10.1. The van der Waals surface area contributed by atoms with Gasteiger partial charge in [-0.2, -0.15) is 0 Å². The molecule has 0 amide bonds. The van der Waals surface area contributed by atoms with Crippen LogP contribution < -0.4 is 4.74 Å². The summed E-state index contributed by atoms with van der Waals surface area (Å²) in [5.74, 6) is 0.148. The Labute approximate surface area is 133 Å². The van der Waals surface area contributed by atoms with Crippen molar-refractivity contribution in [2.45, 2.75) is 6.61 Å². The van der Waals surface area contributed by atoms with Gasteiger partial charge in [-0.25, -0.2) is 4.79 Å². The van der Waals surface area contributed by atoms with Crippen molar-refractivity contribution < 1.29 is 19.2 Å². The molecule has 0 atom stereocenters. The lowest BCUT2D eigenvalue weighted by molar-refractivity contribution is -0.385. The molecule has 2 rings (SSSR count). The largest absolute Gasteiger partial charge is 0.497 e. The summed E-state index contributed by atoms with van der Waals surface area (Å²) in [6.07, 6.45) is 2.54. The van der Waals surface area contributed by atoms with Crippen LogP contribution in [0.25, 0.3) is 6.08 Å². The molecule has 0 saturated carbocycles. The molecule has 0 saturated heterocycles. The number of rotatable bonds is 6. The van der Waals surface area contributed by atoms with Gasteiger partial charge in [0.15, 0.2) is 0 Å². The maximum atomic E-state index is 11.7. The van der Waals surface area contributed by atoms with Crippen LogP contribution in [0.4, 0.5) is 5.69 Å². The van der Waals surface area contributed by atoms with Crippen LogP contribution in [0.5, 0.6) is 5.75 Å². The molecule has 6 nitrogen and oxygen atoms in total. The first kappa shape index (κ1) is 16.2. The lowest BCUT2D eigenvalue weighted by Gasteiger charge is -2.04. The number of benzene rings is 2. The molecule has 0 aliphatic rings. The summed E-state index contributed by atoms with van der Waals surface area (Å²) in [5.41, 5.74) is 1.10. The monoisotopic (exact) mass is 313 g/mol. The Bertz CT molecular complexity index is 722. The molecule has 0 aliphatic carbocycles. The smallest absolute Gasteiger partial charge is 0.331 e. The molecule has 2 aromatic carbocycles. The maximum Gasteiger partial charge on any atom is 0.331 e. The third-order valence-electron chi connectivity index (χ3n) is 3.07.